The van der Waals surface area contributed by atoms with Crippen molar-refractivity contribution in [1.82, 2.24) is 13.7 Å². The first-order chi connectivity index (χ1) is 17.5. The largest absolute Gasteiger partial charge is 0.388 e. The molecule has 0 aliphatic carbocycles. The Balaban J connectivity index is 2.03. The Morgan fingerprint density at radius 1 is 0.583 bits per heavy atom. The summed E-state index contributed by atoms with van der Waals surface area (Å²) in [6.07, 6.45) is 4.31. The molecule has 36 heavy (non-hydrogen) atoms. The number of rotatable bonds is 6. The molecular formula is C24H12N6O6. The Morgan fingerprint density at radius 3 is 1.22 bits per heavy atom. The quantitative estimate of drug-likeness (QED) is 0.232. The Bertz CT molecular complexity index is 1660. The lowest BCUT2D eigenvalue weighted by Gasteiger charge is -2.14. The zero-order chi connectivity index (χ0) is 25.7. The van der Waals surface area contributed by atoms with Gasteiger partial charge in [-0.2, -0.15) is 9.98 Å². The minimum Gasteiger partial charge on any atom is -0.388 e. The molecule has 12 nitrogen and oxygen atoms in total. The van der Waals surface area contributed by atoms with Gasteiger partial charge in [0.2, 0.25) is 12.2 Å². The van der Waals surface area contributed by atoms with Crippen molar-refractivity contribution < 1.29 is 14.3 Å². The summed E-state index contributed by atoms with van der Waals surface area (Å²) < 4.78 is 7.04. The van der Waals surface area contributed by atoms with Crippen LogP contribution in [0.5, 0.6) is 5.75 Å². The molecule has 0 bridgehead atoms. The second-order valence-corrected chi connectivity index (χ2v) is 6.98. The van der Waals surface area contributed by atoms with Gasteiger partial charge in [-0.15, -0.1) is 5.26 Å². The summed E-state index contributed by atoms with van der Waals surface area (Å²) in [5.74, 6) is 0.181. The second-order valence-electron chi connectivity index (χ2n) is 6.98. The molecule has 0 saturated carbocycles. The van der Waals surface area contributed by atoms with Crippen molar-refractivity contribution in [1.29, 1.82) is 5.26 Å². The lowest BCUT2D eigenvalue weighted by atomic mass is 10.2. The van der Waals surface area contributed by atoms with E-state index in [1.807, 2.05) is 0 Å². The normalized spacial score (nSPS) is 9.97. The van der Waals surface area contributed by atoms with Crippen LogP contribution in [0.25, 0.3) is 17.1 Å². The van der Waals surface area contributed by atoms with Gasteiger partial charge in [0, 0.05) is 0 Å². The SMILES string of the molecule is N#COc1ccc(-n2c(=O)n(-c3ccc(N=C=O)cc3)c(=O)n(-c3ccc(N=C=O)cc3)c2=O)cc1. The number of nitrogens with zero attached hydrogens (tertiary/aromatic N) is 6. The van der Waals surface area contributed by atoms with E-state index in [0.717, 1.165) is 13.7 Å². The molecule has 0 unspecified atom stereocenters. The molecule has 0 fully saturated rings. The fourth-order valence-electron chi connectivity index (χ4n) is 3.38. The maximum Gasteiger partial charge on any atom is 0.345 e. The van der Waals surface area contributed by atoms with Crippen LogP contribution in [0.2, 0.25) is 0 Å². The zero-order valence-electron chi connectivity index (χ0n) is 18.1. The average Bonchev–Trinajstić information content (AvgIpc) is 2.88. The van der Waals surface area contributed by atoms with Crippen molar-refractivity contribution in [3.8, 4) is 29.1 Å². The van der Waals surface area contributed by atoms with Crippen molar-refractivity contribution in [3.05, 3.63) is 104 Å². The summed E-state index contributed by atoms with van der Waals surface area (Å²) in [7, 11) is 0. The van der Waals surface area contributed by atoms with Gasteiger partial charge in [0.25, 0.3) is 6.26 Å². The smallest absolute Gasteiger partial charge is 0.345 e. The van der Waals surface area contributed by atoms with E-state index in [9.17, 15) is 24.0 Å². The summed E-state index contributed by atoms with van der Waals surface area (Å²) in [6.45, 7) is 0. The van der Waals surface area contributed by atoms with Crippen molar-refractivity contribution in [2.75, 3.05) is 0 Å². The Labute approximate surface area is 200 Å². The maximum absolute atomic E-state index is 13.4. The van der Waals surface area contributed by atoms with Crippen LogP contribution in [0.1, 0.15) is 0 Å². The van der Waals surface area contributed by atoms with Crippen LogP contribution in [0.15, 0.2) is 97.2 Å². The third kappa shape index (κ3) is 4.33. The second kappa shape index (κ2) is 9.94. The summed E-state index contributed by atoms with van der Waals surface area (Å²) in [5.41, 5.74) is -2.11. The van der Waals surface area contributed by atoms with E-state index in [4.69, 9.17) is 10.00 Å². The first-order valence-electron chi connectivity index (χ1n) is 10.0. The van der Waals surface area contributed by atoms with Crippen LogP contribution >= 0.6 is 0 Å². The molecule has 0 radical (unpaired) electrons. The molecule has 0 saturated heterocycles. The van der Waals surface area contributed by atoms with Gasteiger partial charge in [-0.05, 0) is 72.8 Å². The maximum atomic E-state index is 13.4. The van der Waals surface area contributed by atoms with Crippen molar-refractivity contribution in [2.24, 2.45) is 9.98 Å². The van der Waals surface area contributed by atoms with Gasteiger partial charge in [0.1, 0.15) is 5.75 Å². The van der Waals surface area contributed by atoms with Gasteiger partial charge in [-0.25, -0.2) is 37.7 Å². The highest BCUT2D eigenvalue weighted by Crippen LogP contribution is 2.17. The number of carbonyl (C=O) groups excluding carboxylic acids is 2. The molecule has 174 valence electrons. The van der Waals surface area contributed by atoms with Crippen molar-refractivity contribution in [3.63, 3.8) is 0 Å². The Morgan fingerprint density at radius 2 is 0.917 bits per heavy atom. The summed E-state index contributed by atoms with van der Waals surface area (Å²) in [4.78, 5) is 68.3. The molecule has 0 spiro atoms. The first-order valence-corrected chi connectivity index (χ1v) is 10.0. The van der Waals surface area contributed by atoms with Gasteiger partial charge >= 0.3 is 17.1 Å². The minimum atomic E-state index is -0.969. The third-order valence-corrected chi connectivity index (χ3v) is 4.97. The highest BCUT2D eigenvalue weighted by Gasteiger charge is 2.19. The van der Waals surface area contributed by atoms with Crippen LogP contribution in [0.4, 0.5) is 11.4 Å². The van der Waals surface area contributed by atoms with Gasteiger partial charge in [-0.3, -0.25) is 0 Å². The van der Waals surface area contributed by atoms with Gasteiger partial charge < -0.3 is 4.74 Å². The fraction of sp³-hybridized carbons (Fsp3) is 0. The van der Waals surface area contributed by atoms with E-state index >= 15 is 0 Å². The highest BCUT2D eigenvalue weighted by atomic mass is 16.5. The first kappa shape index (κ1) is 23.3. The number of isocyanates is 2. The molecule has 3 aromatic carbocycles. The van der Waals surface area contributed by atoms with Crippen LogP contribution in [-0.2, 0) is 9.59 Å². The van der Waals surface area contributed by atoms with Crippen LogP contribution < -0.4 is 21.8 Å². The van der Waals surface area contributed by atoms with Gasteiger partial charge in [0.05, 0.1) is 28.4 Å². The van der Waals surface area contributed by atoms with Crippen LogP contribution in [0.3, 0.4) is 0 Å². The molecule has 4 aromatic rings. The molecule has 0 N–H and O–H groups in total. The van der Waals surface area contributed by atoms with Gasteiger partial charge in [-0.1, -0.05) is 0 Å². The number of ether oxygens (including phenoxy) is 1. The minimum absolute atomic E-state index is 0.0992. The number of aliphatic imine (C=N–C) groups is 2. The number of nitriles is 1. The van der Waals surface area contributed by atoms with E-state index in [1.165, 1.54) is 91.2 Å². The van der Waals surface area contributed by atoms with Crippen LogP contribution in [-0.4, -0.2) is 25.9 Å². The predicted molar refractivity (Wildman–Crippen MR) is 125 cm³/mol. The lowest BCUT2D eigenvalue weighted by molar-refractivity contribution is 0.507. The average molecular weight is 480 g/mol. The van der Waals surface area contributed by atoms with Crippen molar-refractivity contribution >= 4 is 23.5 Å². The molecule has 4 rings (SSSR count). The topological polar surface area (TPSA) is 158 Å². The molecule has 0 amide bonds. The molecular weight excluding hydrogens is 468 g/mol. The molecule has 12 heteroatoms. The number of hydrogen-bond acceptors (Lipinski definition) is 9. The fourth-order valence-corrected chi connectivity index (χ4v) is 3.38. The van der Waals surface area contributed by atoms with E-state index in [1.54, 1.807) is 0 Å². The van der Waals surface area contributed by atoms with Gasteiger partial charge in [0.15, 0.2) is 0 Å². The molecule has 1 aromatic heterocycles. The van der Waals surface area contributed by atoms with E-state index < -0.39 is 17.1 Å². The van der Waals surface area contributed by atoms with E-state index in [2.05, 4.69) is 9.98 Å². The molecule has 0 aliphatic rings. The number of benzene rings is 3. The summed E-state index contributed by atoms with van der Waals surface area (Å²) in [5, 5.41) is 8.68. The van der Waals surface area contributed by atoms with E-state index in [0.29, 0.717) is 0 Å². The zero-order valence-corrected chi connectivity index (χ0v) is 18.1. The highest BCUT2D eigenvalue weighted by molar-refractivity contribution is 5.53. The molecule has 0 aliphatic heterocycles. The molecule has 0 atom stereocenters. The lowest BCUT2D eigenvalue weighted by Crippen LogP contribution is -2.52. The van der Waals surface area contributed by atoms with E-state index in [-0.39, 0.29) is 34.2 Å². The predicted octanol–water partition coefficient (Wildman–Crippen LogP) is 1.93. The van der Waals surface area contributed by atoms with Crippen molar-refractivity contribution in [2.45, 2.75) is 0 Å². The summed E-state index contributed by atoms with van der Waals surface area (Å²) >= 11 is 0. The molecule has 1 heterocycles. The third-order valence-electron chi connectivity index (χ3n) is 4.97. The Hall–Kier alpha value is -5.88. The van der Waals surface area contributed by atoms with Crippen LogP contribution in [0, 0.1) is 11.5 Å². The summed E-state index contributed by atoms with van der Waals surface area (Å²) in [6, 6.07) is 16.6. The Kier molecular flexibility index (Phi) is 6.43. The standard InChI is InChI=1S/C24H12N6O6/c25-13-36-21-11-9-20(10-12-21)30-23(34)28(18-5-1-16(2-6-18)26-14-31)22(33)29(24(30)35)19-7-3-17(4-8-19)27-15-32/h1-12H. The number of aromatic nitrogens is 3. The monoisotopic (exact) mass is 480 g/mol. The number of hydrogen-bond donors (Lipinski definition) is 0.